The van der Waals surface area contributed by atoms with E-state index in [0.29, 0.717) is 18.2 Å². The maximum absolute atomic E-state index is 11.7. The second-order valence-corrected chi connectivity index (χ2v) is 5.82. The Morgan fingerprint density at radius 1 is 1.37 bits per heavy atom. The van der Waals surface area contributed by atoms with Gasteiger partial charge in [0.15, 0.2) is 5.11 Å². The van der Waals surface area contributed by atoms with E-state index in [-0.39, 0.29) is 4.90 Å². The highest BCUT2D eigenvalue weighted by molar-refractivity contribution is 7.89. The highest BCUT2D eigenvalue weighted by atomic mass is 32.2. The molecule has 104 valence electrons. The van der Waals surface area contributed by atoms with Gasteiger partial charge in [-0.05, 0) is 36.5 Å². The van der Waals surface area contributed by atoms with E-state index in [0.717, 1.165) is 5.69 Å². The Morgan fingerprint density at radius 2 is 2.00 bits per heavy atom. The van der Waals surface area contributed by atoms with Crippen LogP contribution in [0.3, 0.4) is 0 Å². The van der Waals surface area contributed by atoms with Crippen molar-refractivity contribution in [3.05, 3.63) is 36.9 Å². The molecular formula is C12H17N3O2S2. The summed E-state index contributed by atoms with van der Waals surface area (Å²) in [5.74, 6) is 0. The summed E-state index contributed by atoms with van der Waals surface area (Å²) in [5.41, 5.74) is 0.719. The van der Waals surface area contributed by atoms with Gasteiger partial charge in [-0.2, -0.15) is 0 Å². The molecule has 0 aromatic heterocycles. The Balaban J connectivity index is 2.72. The number of hydrogen-bond acceptors (Lipinski definition) is 3. The molecule has 0 aliphatic carbocycles. The van der Waals surface area contributed by atoms with Crippen LogP contribution in [-0.2, 0) is 10.0 Å². The van der Waals surface area contributed by atoms with Crippen molar-refractivity contribution in [2.45, 2.75) is 11.8 Å². The van der Waals surface area contributed by atoms with Crippen LogP contribution in [0.4, 0.5) is 5.69 Å². The summed E-state index contributed by atoms with van der Waals surface area (Å²) in [6, 6.07) is 6.37. The Bertz CT molecular complexity index is 539. The first kappa shape index (κ1) is 15.6. The molecule has 0 aliphatic rings. The van der Waals surface area contributed by atoms with E-state index in [2.05, 4.69) is 21.9 Å². The van der Waals surface area contributed by atoms with Crippen molar-refractivity contribution in [2.75, 3.05) is 18.4 Å². The van der Waals surface area contributed by atoms with E-state index in [4.69, 9.17) is 12.2 Å². The van der Waals surface area contributed by atoms with Crippen LogP contribution in [-0.4, -0.2) is 26.6 Å². The largest absolute Gasteiger partial charge is 0.359 e. The van der Waals surface area contributed by atoms with Crippen molar-refractivity contribution >= 4 is 33.0 Å². The molecular weight excluding hydrogens is 282 g/mol. The van der Waals surface area contributed by atoms with Crippen molar-refractivity contribution in [3.8, 4) is 0 Å². The highest BCUT2D eigenvalue weighted by Crippen LogP contribution is 2.13. The second kappa shape index (κ2) is 7.22. The minimum Gasteiger partial charge on any atom is -0.359 e. The topological polar surface area (TPSA) is 70.2 Å². The molecule has 0 atom stereocenters. The van der Waals surface area contributed by atoms with Crippen LogP contribution in [0.25, 0.3) is 0 Å². The molecule has 5 nitrogen and oxygen atoms in total. The van der Waals surface area contributed by atoms with Gasteiger partial charge in [0.1, 0.15) is 0 Å². The van der Waals surface area contributed by atoms with E-state index in [1.165, 1.54) is 12.1 Å². The summed E-state index contributed by atoms with van der Waals surface area (Å²) in [7, 11) is -3.41. The molecule has 0 aliphatic heterocycles. The number of rotatable bonds is 6. The van der Waals surface area contributed by atoms with Crippen LogP contribution in [0, 0.1) is 0 Å². The number of hydrogen-bond donors (Lipinski definition) is 3. The predicted molar refractivity (Wildman–Crippen MR) is 81.7 cm³/mol. The number of sulfonamides is 1. The summed E-state index contributed by atoms with van der Waals surface area (Å²) in [4.78, 5) is 0.227. The zero-order valence-corrected chi connectivity index (χ0v) is 12.3. The van der Waals surface area contributed by atoms with E-state index in [1.54, 1.807) is 25.1 Å². The highest BCUT2D eigenvalue weighted by Gasteiger charge is 2.11. The number of benzene rings is 1. The Kier molecular flexibility index (Phi) is 5.94. The van der Waals surface area contributed by atoms with Gasteiger partial charge in [-0.3, -0.25) is 0 Å². The number of anilines is 1. The van der Waals surface area contributed by atoms with Gasteiger partial charge >= 0.3 is 0 Å². The van der Waals surface area contributed by atoms with Crippen molar-refractivity contribution in [3.63, 3.8) is 0 Å². The van der Waals surface area contributed by atoms with E-state index in [1.807, 2.05) is 0 Å². The van der Waals surface area contributed by atoms with Crippen LogP contribution < -0.4 is 15.4 Å². The zero-order chi connectivity index (χ0) is 14.3. The summed E-state index contributed by atoms with van der Waals surface area (Å²) < 4.78 is 25.9. The maximum atomic E-state index is 11.7. The van der Waals surface area contributed by atoms with Crippen molar-refractivity contribution in [2.24, 2.45) is 0 Å². The van der Waals surface area contributed by atoms with Crippen LogP contribution in [0.5, 0.6) is 0 Å². The van der Waals surface area contributed by atoms with Crippen molar-refractivity contribution < 1.29 is 8.42 Å². The Hall–Kier alpha value is -1.44. The lowest BCUT2D eigenvalue weighted by Crippen LogP contribution is -2.28. The van der Waals surface area contributed by atoms with Gasteiger partial charge in [0.25, 0.3) is 0 Å². The quantitative estimate of drug-likeness (QED) is 0.548. The molecule has 0 saturated heterocycles. The molecule has 1 aromatic rings. The van der Waals surface area contributed by atoms with E-state index < -0.39 is 10.0 Å². The number of nitrogens with one attached hydrogen (secondary N) is 3. The lowest BCUT2D eigenvalue weighted by Gasteiger charge is -2.10. The van der Waals surface area contributed by atoms with Gasteiger partial charge in [0, 0.05) is 18.8 Å². The van der Waals surface area contributed by atoms with Gasteiger partial charge in [-0.1, -0.05) is 13.0 Å². The first-order valence-corrected chi connectivity index (χ1v) is 7.64. The van der Waals surface area contributed by atoms with Gasteiger partial charge in [-0.15, -0.1) is 6.58 Å². The van der Waals surface area contributed by atoms with E-state index >= 15 is 0 Å². The minimum atomic E-state index is -3.41. The van der Waals surface area contributed by atoms with Crippen LogP contribution >= 0.6 is 12.2 Å². The van der Waals surface area contributed by atoms with Crippen molar-refractivity contribution in [1.82, 2.24) is 10.0 Å². The first-order chi connectivity index (χ1) is 8.99. The predicted octanol–water partition coefficient (Wildman–Crippen LogP) is 1.46. The lowest BCUT2D eigenvalue weighted by molar-refractivity contribution is 0.584. The summed E-state index contributed by atoms with van der Waals surface area (Å²) in [5, 5.41) is 6.32. The normalized spacial score (nSPS) is 10.8. The monoisotopic (exact) mass is 299 g/mol. The Labute approximate surface area is 119 Å². The molecule has 0 fully saturated rings. The van der Waals surface area contributed by atoms with Crippen molar-refractivity contribution in [1.29, 1.82) is 0 Å². The first-order valence-electron chi connectivity index (χ1n) is 5.75. The smallest absolute Gasteiger partial charge is 0.240 e. The fourth-order valence-corrected chi connectivity index (χ4v) is 2.57. The summed E-state index contributed by atoms with van der Waals surface area (Å²) in [6.45, 7) is 6.23. The van der Waals surface area contributed by atoms with Gasteiger partial charge in [0.2, 0.25) is 10.0 Å². The fraction of sp³-hybridized carbons (Fsp3) is 0.250. The third-order valence-corrected chi connectivity index (χ3v) is 3.97. The second-order valence-electron chi connectivity index (χ2n) is 3.65. The number of thiocarbonyl (C=S) groups is 1. The molecule has 1 rings (SSSR count). The molecule has 3 N–H and O–H groups in total. The third-order valence-electron chi connectivity index (χ3n) is 2.16. The molecule has 7 heteroatoms. The van der Waals surface area contributed by atoms with Gasteiger partial charge in [-0.25, -0.2) is 13.1 Å². The average molecular weight is 299 g/mol. The zero-order valence-electron chi connectivity index (χ0n) is 10.6. The third kappa shape index (κ3) is 4.98. The Morgan fingerprint density at radius 3 is 2.53 bits per heavy atom. The van der Waals surface area contributed by atoms with Crippen LogP contribution in [0.2, 0.25) is 0 Å². The lowest BCUT2D eigenvalue weighted by atomic mass is 10.3. The summed E-state index contributed by atoms with van der Waals surface area (Å²) >= 11 is 5.05. The average Bonchev–Trinajstić information content (AvgIpc) is 2.37. The molecule has 1 aromatic carbocycles. The molecule has 19 heavy (non-hydrogen) atoms. The fourth-order valence-electron chi connectivity index (χ4n) is 1.33. The molecule has 0 unspecified atom stereocenters. The standard InChI is InChI=1S/C12H17N3O2S2/c1-3-9-13-12(18)15-10-5-7-11(8-6-10)19(16,17)14-4-2/h3,5-8,14H,1,4,9H2,2H3,(H2,13,15,18). The SMILES string of the molecule is C=CCNC(=S)Nc1ccc(S(=O)(=O)NCC)cc1. The molecule has 0 spiro atoms. The molecule has 0 radical (unpaired) electrons. The van der Waals surface area contributed by atoms with E-state index in [9.17, 15) is 8.42 Å². The minimum absolute atomic E-state index is 0.227. The summed E-state index contributed by atoms with van der Waals surface area (Å²) in [6.07, 6.45) is 1.69. The van der Waals surface area contributed by atoms with Crippen LogP contribution in [0.15, 0.2) is 41.8 Å². The van der Waals surface area contributed by atoms with Crippen LogP contribution in [0.1, 0.15) is 6.92 Å². The molecule has 0 amide bonds. The molecule has 0 saturated carbocycles. The maximum Gasteiger partial charge on any atom is 0.240 e. The van der Waals surface area contributed by atoms with Gasteiger partial charge in [0.05, 0.1) is 4.90 Å². The van der Waals surface area contributed by atoms with Gasteiger partial charge < -0.3 is 10.6 Å². The molecule has 0 bridgehead atoms. The molecule has 0 heterocycles.